The first-order valence-corrected chi connectivity index (χ1v) is 7.95. The monoisotopic (exact) mass is 304 g/mol. The molecule has 0 saturated heterocycles. The maximum absolute atomic E-state index is 12.4. The minimum atomic E-state index is -0.513. The summed E-state index contributed by atoms with van der Waals surface area (Å²) < 4.78 is 4.83. The number of rotatable bonds is 4. The van der Waals surface area contributed by atoms with E-state index >= 15 is 0 Å². The molecule has 2 amide bonds. The van der Waals surface area contributed by atoms with Crippen LogP contribution in [0.2, 0.25) is 0 Å². The van der Waals surface area contributed by atoms with Gasteiger partial charge >= 0.3 is 6.09 Å². The lowest BCUT2D eigenvalue weighted by Gasteiger charge is -2.29. The molecule has 2 unspecified atom stereocenters. The van der Waals surface area contributed by atoms with E-state index in [0.29, 0.717) is 23.8 Å². The van der Waals surface area contributed by atoms with Crippen LogP contribution in [0.3, 0.4) is 0 Å². The highest BCUT2D eigenvalue weighted by Crippen LogP contribution is 2.24. The van der Waals surface area contributed by atoms with Crippen molar-refractivity contribution in [2.24, 2.45) is 5.92 Å². The molecule has 1 saturated carbocycles. The number of ether oxygens (including phenoxy) is 1. The van der Waals surface area contributed by atoms with Crippen LogP contribution in [-0.4, -0.2) is 24.6 Å². The second-order valence-electron chi connectivity index (χ2n) is 5.77. The van der Waals surface area contributed by atoms with Crippen molar-refractivity contribution < 1.29 is 14.3 Å². The number of amides is 2. The molecule has 0 aromatic heterocycles. The molecule has 1 aromatic rings. The van der Waals surface area contributed by atoms with Crippen LogP contribution in [0.15, 0.2) is 24.3 Å². The first kappa shape index (κ1) is 16.3. The van der Waals surface area contributed by atoms with Crippen molar-refractivity contribution in [1.82, 2.24) is 5.32 Å². The zero-order chi connectivity index (χ0) is 15.9. The minimum absolute atomic E-state index is 0.0914. The predicted molar refractivity (Wildman–Crippen MR) is 86.0 cm³/mol. The third-order valence-corrected chi connectivity index (χ3v) is 4.07. The fourth-order valence-corrected chi connectivity index (χ4v) is 2.81. The van der Waals surface area contributed by atoms with Crippen LogP contribution in [0, 0.1) is 5.92 Å². The van der Waals surface area contributed by atoms with Gasteiger partial charge in [0.2, 0.25) is 0 Å². The zero-order valence-electron chi connectivity index (χ0n) is 13.2. The van der Waals surface area contributed by atoms with Crippen molar-refractivity contribution in [1.29, 1.82) is 0 Å². The largest absolute Gasteiger partial charge is 0.450 e. The summed E-state index contributed by atoms with van der Waals surface area (Å²) >= 11 is 0. The maximum atomic E-state index is 12.4. The van der Waals surface area contributed by atoms with Crippen molar-refractivity contribution in [3.05, 3.63) is 29.8 Å². The second-order valence-corrected chi connectivity index (χ2v) is 5.77. The van der Waals surface area contributed by atoms with Gasteiger partial charge in [-0.3, -0.25) is 10.1 Å². The third-order valence-electron chi connectivity index (χ3n) is 4.07. The maximum Gasteiger partial charge on any atom is 0.411 e. The molecule has 22 heavy (non-hydrogen) atoms. The highest BCUT2D eigenvalue weighted by atomic mass is 16.5. The summed E-state index contributed by atoms with van der Waals surface area (Å²) in [5, 5.41) is 5.72. The van der Waals surface area contributed by atoms with E-state index in [9.17, 15) is 9.59 Å². The first-order valence-electron chi connectivity index (χ1n) is 7.95. The minimum Gasteiger partial charge on any atom is -0.450 e. The highest BCUT2D eigenvalue weighted by Gasteiger charge is 2.23. The standard InChI is InChI=1S/C17H24N2O3/c1-3-22-17(21)18-14-9-6-8-13(11-14)16(20)19-15-10-5-4-7-12(15)2/h6,8-9,11-12,15H,3-5,7,10H2,1-2H3,(H,18,21)(H,19,20). The van der Waals surface area contributed by atoms with Crippen molar-refractivity contribution in [3.8, 4) is 0 Å². The Hall–Kier alpha value is -2.04. The van der Waals surface area contributed by atoms with E-state index in [1.165, 1.54) is 12.8 Å². The molecule has 2 atom stereocenters. The molecule has 1 fully saturated rings. The second kappa shape index (κ2) is 7.82. The van der Waals surface area contributed by atoms with Gasteiger partial charge in [0.05, 0.1) is 6.61 Å². The SMILES string of the molecule is CCOC(=O)Nc1cccc(C(=O)NC2CCCCC2C)c1. The molecular weight excluding hydrogens is 280 g/mol. The lowest BCUT2D eigenvalue weighted by Crippen LogP contribution is -2.41. The topological polar surface area (TPSA) is 67.4 Å². The smallest absolute Gasteiger partial charge is 0.411 e. The fourth-order valence-electron chi connectivity index (χ4n) is 2.81. The normalized spacial score (nSPS) is 21.0. The summed E-state index contributed by atoms with van der Waals surface area (Å²) in [6.07, 6.45) is 4.09. The van der Waals surface area contributed by atoms with Crippen molar-refractivity contribution >= 4 is 17.7 Å². The van der Waals surface area contributed by atoms with Crippen LogP contribution in [0.4, 0.5) is 10.5 Å². The lowest BCUT2D eigenvalue weighted by molar-refractivity contribution is 0.0910. The molecule has 5 heteroatoms. The Bertz CT molecular complexity index is 530. The van der Waals surface area contributed by atoms with Gasteiger partial charge in [0.1, 0.15) is 0 Å². The number of hydrogen-bond donors (Lipinski definition) is 2. The fraction of sp³-hybridized carbons (Fsp3) is 0.529. The molecule has 0 heterocycles. The van der Waals surface area contributed by atoms with Crippen LogP contribution >= 0.6 is 0 Å². The number of nitrogens with one attached hydrogen (secondary N) is 2. The quantitative estimate of drug-likeness (QED) is 0.893. The van der Waals surface area contributed by atoms with Crippen LogP contribution < -0.4 is 10.6 Å². The Kier molecular flexibility index (Phi) is 5.81. The third kappa shape index (κ3) is 4.48. The Morgan fingerprint density at radius 2 is 2.05 bits per heavy atom. The highest BCUT2D eigenvalue weighted by molar-refractivity contribution is 5.96. The summed E-state index contributed by atoms with van der Waals surface area (Å²) in [5.74, 6) is 0.421. The molecule has 0 radical (unpaired) electrons. The molecule has 2 rings (SSSR count). The van der Waals surface area contributed by atoms with E-state index in [1.54, 1.807) is 31.2 Å². The van der Waals surface area contributed by atoms with Crippen molar-refractivity contribution in [2.75, 3.05) is 11.9 Å². The Balaban J connectivity index is 1.99. The Morgan fingerprint density at radius 1 is 1.27 bits per heavy atom. The van der Waals surface area contributed by atoms with Gasteiger partial charge in [-0.05, 0) is 43.9 Å². The average molecular weight is 304 g/mol. The van der Waals surface area contributed by atoms with Gasteiger partial charge in [0.25, 0.3) is 5.91 Å². The van der Waals surface area contributed by atoms with Crippen molar-refractivity contribution in [2.45, 2.75) is 45.6 Å². The van der Waals surface area contributed by atoms with Crippen LogP contribution in [0.5, 0.6) is 0 Å². The van der Waals surface area contributed by atoms with Gasteiger partial charge in [-0.1, -0.05) is 25.8 Å². The molecule has 120 valence electrons. The molecule has 0 aliphatic heterocycles. The molecule has 0 spiro atoms. The van der Waals surface area contributed by atoms with E-state index < -0.39 is 6.09 Å². The van der Waals surface area contributed by atoms with E-state index in [2.05, 4.69) is 17.6 Å². The van der Waals surface area contributed by atoms with Crippen molar-refractivity contribution in [3.63, 3.8) is 0 Å². The predicted octanol–water partition coefficient (Wildman–Crippen LogP) is 3.56. The van der Waals surface area contributed by atoms with E-state index in [0.717, 1.165) is 12.8 Å². The Labute approximate surface area is 131 Å². The molecule has 2 N–H and O–H groups in total. The van der Waals surface area contributed by atoms with Gasteiger partial charge in [0, 0.05) is 17.3 Å². The molecule has 1 aliphatic carbocycles. The average Bonchev–Trinajstić information content (AvgIpc) is 2.50. The summed E-state index contributed by atoms with van der Waals surface area (Å²) in [7, 11) is 0. The zero-order valence-corrected chi connectivity index (χ0v) is 13.2. The summed E-state index contributed by atoms with van der Waals surface area (Å²) in [5.41, 5.74) is 1.11. The van der Waals surface area contributed by atoms with Gasteiger partial charge in [-0.15, -0.1) is 0 Å². The van der Waals surface area contributed by atoms with E-state index in [1.807, 2.05) is 0 Å². The molecule has 1 aromatic carbocycles. The molecule has 1 aliphatic rings. The number of carbonyl (C=O) groups excluding carboxylic acids is 2. The summed E-state index contributed by atoms with van der Waals surface area (Å²) in [6, 6.07) is 7.14. The number of hydrogen-bond acceptors (Lipinski definition) is 3. The van der Waals surface area contributed by atoms with Crippen LogP contribution in [0.1, 0.15) is 49.9 Å². The van der Waals surface area contributed by atoms with Crippen LogP contribution in [0.25, 0.3) is 0 Å². The summed E-state index contributed by atoms with van der Waals surface area (Å²) in [6.45, 7) is 4.24. The number of carbonyl (C=O) groups is 2. The lowest BCUT2D eigenvalue weighted by atomic mass is 9.86. The van der Waals surface area contributed by atoms with Crippen LogP contribution in [-0.2, 0) is 4.74 Å². The Morgan fingerprint density at radius 3 is 2.77 bits per heavy atom. The molecular formula is C17H24N2O3. The molecule has 5 nitrogen and oxygen atoms in total. The van der Waals surface area contributed by atoms with Gasteiger partial charge in [0.15, 0.2) is 0 Å². The van der Waals surface area contributed by atoms with E-state index in [-0.39, 0.29) is 11.9 Å². The first-order chi connectivity index (χ1) is 10.6. The number of anilines is 1. The summed E-state index contributed by atoms with van der Waals surface area (Å²) in [4.78, 5) is 23.8. The van der Waals surface area contributed by atoms with Gasteiger partial charge < -0.3 is 10.1 Å². The van der Waals surface area contributed by atoms with E-state index in [4.69, 9.17) is 4.74 Å². The van der Waals surface area contributed by atoms with Gasteiger partial charge in [-0.25, -0.2) is 4.79 Å². The van der Waals surface area contributed by atoms with Gasteiger partial charge in [-0.2, -0.15) is 0 Å². The number of benzene rings is 1. The molecule has 0 bridgehead atoms.